The average Bonchev–Trinajstić information content (AvgIpc) is 2.15. The van der Waals surface area contributed by atoms with Gasteiger partial charge < -0.3 is 4.55 Å². The van der Waals surface area contributed by atoms with Crippen molar-refractivity contribution in [3.05, 3.63) is 34.1 Å². The van der Waals surface area contributed by atoms with Crippen LogP contribution < -0.4 is 0 Å². The Labute approximate surface area is 113 Å². The van der Waals surface area contributed by atoms with Crippen molar-refractivity contribution in [2.45, 2.75) is 32.4 Å². The molecular formula is C12H15BrFNOS. The molecule has 0 saturated heterocycles. The maximum atomic E-state index is 12.9. The second kappa shape index (κ2) is 5.50. The van der Waals surface area contributed by atoms with Crippen LogP contribution in [0.5, 0.6) is 0 Å². The number of benzene rings is 1. The summed E-state index contributed by atoms with van der Waals surface area (Å²) in [6.07, 6.45) is 0. The Balaban J connectivity index is 3.04. The zero-order valence-electron chi connectivity index (χ0n) is 10.3. The van der Waals surface area contributed by atoms with Crippen LogP contribution in [-0.4, -0.2) is 15.0 Å². The molecule has 0 aliphatic rings. The minimum absolute atomic E-state index is 0.314. The van der Waals surface area contributed by atoms with Crippen LogP contribution in [0, 0.1) is 5.82 Å². The highest BCUT2D eigenvalue weighted by molar-refractivity contribution is 9.10. The molecule has 0 amide bonds. The third kappa shape index (κ3) is 4.08. The molecule has 0 saturated carbocycles. The molecule has 0 bridgehead atoms. The van der Waals surface area contributed by atoms with E-state index in [2.05, 4.69) is 20.3 Å². The highest BCUT2D eigenvalue weighted by Gasteiger charge is 2.27. The second-order valence-electron chi connectivity index (χ2n) is 4.66. The smallest absolute Gasteiger partial charge is 0.144 e. The van der Waals surface area contributed by atoms with E-state index in [1.807, 2.05) is 20.8 Å². The molecular weight excluding hydrogens is 305 g/mol. The fourth-order valence-corrected chi connectivity index (χ4v) is 2.35. The Morgan fingerprint density at radius 2 is 2.00 bits per heavy atom. The lowest BCUT2D eigenvalue weighted by Crippen LogP contribution is -2.26. The minimum atomic E-state index is -1.31. The van der Waals surface area contributed by atoms with Gasteiger partial charge in [-0.05, 0) is 45.9 Å². The van der Waals surface area contributed by atoms with Crippen molar-refractivity contribution in [1.29, 1.82) is 0 Å². The molecule has 0 unspecified atom stereocenters. The molecule has 1 atom stereocenters. The van der Waals surface area contributed by atoms with Crippen molar-refractivity contribution >= 4 is 33.0 Å². The van der Waals surface area contributed by atoms with E-state index in [1.165, 1.54) is 12.1 Å². The summed E-state index contributed by atoms with van der Waals surface area (Å²) in [5.74, 6) is -0.314. The van der Waals surface area contributed by atoms with Crippen molar-refractivity contribution in [2.75, 3.05) is 0 Å². The van der Waals surface area contributed by atoms with Gasteiger partial charge in [0.15, 0.2) is 0 Å². The number of halogens is 2. The quantitative estimate of drug-likeness (QED) is 0.602. The topological polar surface area (TPSA) is 35.4 Å². The molecule has 0 aromatic heterocycles. The number of rotatable bonds is 2. The predicted octanol–water partition coefficient (Wildman–Crippen LogP) is 3.86. The van der Waals surface area contributed by atoms with Gasteiger partial charge in [0.1, 0.15) is 21.9 Å². The van der Waals surface area contributed by atoms with Gasteiger partial charge >= 0.3 is 0 Å². The molecule has 0 aliphatic heterocycles. The zero-order chi connectivity index (χ0) is 13.2. The summed E-state index contributed by atoms with van der Waals surface area (Å²) in [5.41, 5.74) is 1.38. The van der Waals surface area contributed by atoms with Crippen molar-refractivity contribution in [3.8, 4) is 0 Å². The van der Waals surface area contributed by atoms with E-state index in [4.69, 9.17) is 0 Å². The standard InChI is InChI=1S/C12H15BrFNOS/c1-8(15-17(16)12(2,3)4)10-6-5-9(14)7-11(10)13/h5-7H,1-4H3/t17-/m0/s1. The highest BCUT2D eigenvalue weighted by atomic mass is 79.9. The van der Waals surface area contributed by atoms with E-state index < -0.39 is 16.1 Å². The van der Waals surface area contributed by atoms with Gasteiger partial charge in [-0.25, -0.2) is 4.39 Å². The highest BCUT2D eigenvalue weighted by Crippen LogP contribution is 2.22. The lowest BCUT2D eigenvalue weighted by molar-refractivity contribution is 0.561. The molecule has 0 radical (unpaired) electrons. The second-order valence-corrected chi connectivity index (χ2v) is 7.42. The van der Waals surface area contributed by atoms with Crippen LogP contribution in [-0.2, 0) is 11.4 Å². The molecule has 1 aromatic carbocycles. The van der Waals surface area contributed by atoms with Gasteiger partial charge in [-0.3, -0.25) is 0 Å². The summed E-state index contributed by atoms with van der Waals surface area (Å²) in [5, 5.41) is 0. The molecule has 0 fully saturated rings. The molecule has 0 aliphatic carbocycles. The van der Waals surface area contributed by atoms with E-state index in [0.717, 1.165) is 5.56 Å². The summed E-state index contributed by atoms with van der Waals surface area (Å²) >= 11 is 1.96. The Bertz CT molecular complexity index is 443. The van der Waals surface area contributed by atoms with Gasteiger partial charge in [0.2, 0.25) is 0 Å². The average molecular weight is 320 g/mol. The van der Waals surface area contributed by atoms with Gasteiger partial charge in [-0.2, -0.15) is 0 Å². The maximum absolute atomic E-state index is 12.9. The summed E-state index contributed by atoms with van der Waals surface area (Å²) in [4.78, 5) is 0. The summed E-state index contributed by atoms with van der Waals surface area (Å²) in [6.45, 7) is 7.35. The Morgan fingerprint density at radius 3 is 2.47 bits per heavy atom. The molecule has 17 heavy (non-hydrogen) atoms. The third-order valence-corrected chi connectivity index (χ3v) is 4.21. The van der Waals surface area contributed by atoms with E-state index in [9.17, 15) is 8.94 Å². The van der Waals surface area contributed by atoms with Crippen LogP contribution in [0.15, 0.2) is 27.1 Å². The molecule has 2 nitrogen and oxygen atoms in total. The number of hydrogen-bond donors (Lipinski definition) is 0. The van der Waals surface area contributed by atoms with E-state index in [-0.39, 0.29) is 5.82 Å². The number of nitrogens with zero attached hydrogens (tertiary/aromatic N) is 1. The van der Waals surface area contributed by atoms with E-state index in [0.29, 0.717) is 10.2 Å². The first-order valence-electron chi connectivity index (χ1n) is 5.14. The van der Waals surface area contributed by atoms with Crippen molar-refractivity contribution in [1.82, 2.24) is 0 Å². The Kier molecular flexibility index (Phi) is 4.75. The lowest BCUT2D eigenvalue weighted by atomic mass is 10.1. The van der Waals surface area contributed by atoms with Crippen molar-refractivity contribution in [2.24, 2.45) is 4.40 Å². The fourth-order valence-electron chi connectivity index (χ4n) is 1.09. The van der Waals surface area contributed by atoms with Gasteiger partial charge in [0, 0.05) is 10.0 Å². The molecule has 1 aromatic rings. The summed E-state index contributed by atoms with van der Waals surface area (Å²) in [7, 11) is 0. The monoisotopic (exact) mass is 319 g/mol. The zero-order valence-corrected chi connectivity index (χ0v) is 12.7. The first kappa shape index (κ1) is 14.7. The number of hydrogen-bond acceptors (Lipinski definition) is 2. The molecule has 5 heteroatoms. The Morgan fingerprint density at radius 1 is 1.41 bits per heavy atom. The van der Waals surface area contributed by atoms with Crippen LogP contribution in [0.1, 0.15) is 33.3 Å². The largest absolute Gasteiger partial charge is 0.591 e. The summed E-state index contributed by atoms with van der Waals surface area (Å²) < 4.78 is 29.2. The lowest BCUT2D eigenvalue weighted by Gasteiger charge is -2.19. The summed E-state index contributed by atoms with van der Waals surface area (Å²) in [6, 6.07) is 4.35. The third-order valence-electron chi connectivity index (χ3n) is 2.06. The molecule has 0 heterocycles. The maximum Gasteiger partial charge on any atom is 0.144 e. The van der Waals surface area contributed by atoms with Crippen molar-refractivity contribution in [3.63, 3.8) is 0 Å². The normalized spacial score (nSPS) is 14.9. The van der Waals surface area contributed by atoms with Gasteiger partial charge in [0.05, 0.1) is 5.71 Å². The Hall–Kier alpha value is -0.390. The molecule has 1 rings (SSSR count). The molecule has 0 spiro atoms. The first-order valence-corrected chi connectivity index (χ1v) is 7.04. The van der Waals surface area contributed by atoms with Crippen LogP contribution in [0.3, 0.4) is 0 Å². The molecule has 0 N–H and O–H groups in total. The molecule has 94 valence electrons. The first-order chi connectivity index (χ1) is 7.71. The van der Waals surface area contributed by atoms with Gasteiger partial charge in [0.25, 0.3) is 0 Å². The van der Waals surface area contributed by atoms with Gasteiger partial charge in [-0.1, -0.05) is 20.3 Å². The van der Waals surface area contributed by atoms with Crippen LogP contribution >= 0.6 is 15.9 Å². The van der Waals surface area contributed by atoms with Crippen molar-refractivity contribution < 1.29 is 8.94 Å². The van der Waals surface area contributed by atoms with E-state index >= 15 is 0 Å². The fraction of sp³-hybridized carbons (Fsp3) is 0.417. The minimum Gasteiger partial charge on any atom is -0.591 e. The van der Waals surface area contributed by atoms with Crippen LogP contribution in [0.2, 0.25) is 0 Å². The van der Waals surface area contributed by atoms with Gasteiger partial charge in [-0.15, -0.1) is 0 Å². The van der Waals surface area contributed by atoms with Crippen LogP contribution in [0.25, 0.3) is 0 Å². The van der Waals surface area contributed by atoms with Crippen LogP contribution in [0.4, 0.5) is 4.39 Å². The SMILES string of the molecule is CC(=N[S@@+]([O-])C(C)(C)C)c1ccc(F)cc1Br. The van der Waals surface area contributed by atoms with E-state index in [1.54, 1.807) is 13.0 Å². The predicted molar refractivity (Wildman–Crippen MR) is 74.2 cm³/mol.